The number of anilines is 1. The molecule has 0 saturated carbocycles. The lowest BCUT2D eigenvalue weighted by atomic mass is 10.1. The van der Waals surface area contributed by atoms with Crippen molar-refractivity contribution in [2.45, 2.75) is 32.2 Å². The molecular weight excluding hydrogens is 449 g/mol. The molecule has 0 unspecified atom stereocenters. The number of Topliss-reactive ketones (excluding diaryl/α,β-unsaturated/α-hetero) is 1. The third kappa shape index (κ3) is 4.59. The molecule has 0 spiro atoms. The van der Waals surface area contributed by atoms with Gasteiger partial charge in [0.25, 0.3) is 5.78 Å². The third-order valence-corrected chi connectivity index (χ3v) is 4.03. The number of rotatable bonds is 4. The van der Waals surface area contributed by atoms with Crippen molar-refractivity contribution in [3.8, 4) is 11.8 Å². The van der Waals surface area contributed by atoms with E-state index in [2.05, 4.69) is 10.4 Å². The summed E-state index contributed by atoms with van der Waals surface area (Å²) in [7, 11) is 0. The van der Waals surface area contributed by atoms with Gasteiger partial charge in [0.2, 0.25) is 0 Å². The molecule has 0 amide bonds. The van der Waals surface area contributed by atoms with Gasteiger partial charge in [0, 0.05) is 6.04 Å². The van der Waals surface area contributed by atoms with E-state index in [-0.39, 0.29) is 0 Å². The van der Waals surface area contributed by atoms with E-state index in [1.54, 1.807) is 0 Å². The monoisotopic (exact) mass is 458 g/mol. The Morgan fingerprint density at radius 3 is 2.07 bits per heavy atom. The minimum Gasteiger partial charge on any atom is -0.367 e. The number of hydrogen-bond acceptors (Lipinski definition) is 4. The molecule has 29 heavy (non-hydrogen) atoms. The molecule has 0 fully saturated rings. The second kappa shape index (κ2) is 7.76. The van der Waals surface area contributed by atoms with Gasteiger partial charge in [0.15, 0.2) is 5.69 Å². The normalized spacial score (nSPS) is 12.2. The number of carbonyl (C=O) groups is 1. The predicted octanol–water partition coefficient (Wildman–Crippen LogP) is 5.63. The summed E-state index contributed by atoms with van der Waals surface area (Å²) in [6.07, 6.45) is -10.1. The van der Waals surface area contributed by atoms with Gasteiger partial charge in [-0.2, -0.15) is 36.7 Å². The second-order valence-corrected chi connectivity index (χ2v) is 6.82. The highest BCUT2D eigenvalue weighted by atomic mass is 35.5. The maximum absolute atomic E-state index is 13.0. The topological polar surface area (TPSA) is 70.7 Å². The van der Waals surface area contributed by atoms with E-state index in [1.807, 2.05) is 0 Å². The van der Waals surface area contributed by atoms with E-state index in [9.17, 15) is 31.1 Å². The Bertz CT molecular complexity index is 982. The highest BCUT2D eigenvalue weighted by molar-refractivity contribution is 6.38. The fraction of sp³-hybridized carbons (Fsp3) is 0.312. The van der Waals surface area contributed by atoms with Gasteiger partial charge in [0.1, 0.15) is 23.1 Å². The van der Waals surface area contributed by atoms with E-state index in [0.29, 0.717) is 16.8 Å². The van der Waals surface area contributed by atoms with Crippen molar-refractivity contribution in [1.82, 2.24) is 9.78 Å². The fourth-order valence-electron chi connectivity index (χ4n) is 2.35. The number of hydrogen-bond donors (Lipinski definition) is 1. The van der Waals surface area contributed by atoms with Gasteiger partial charge in [-0.05, 0) is 26.0 Å². The number of alkyl halides is 6. The predicted molar refractivity (Wildman–Crippen MR) is 92.4 cm³/mol. The summed E-state index contributed by atoms with van der Waals surface area (Å²) in [6, 6.07) is 1.82. The van der Waals surface area contributed by atoms with Crippen LogP contribution >= 0.6 is 23.2 Å². The van der Waals surface area contributed by atoms with E-state index in [4.69, 9.17) is 28.5 Å². The van der Waals surface area contributed by atoms with Gasteiger partial charge in [-0.25, -0.2) is 4.68 Å². The second-order valence-electron chi connectivity index (χ2n) is 6.01. The molecular formula is C16H10Cl2F6N4O. The third-order valence-electron chi connectivity index (χ3n) is 3.46. The van der Waals surface area contributed by atoms with Gasteiger partial charge in [-0.15, -0.1) is 0 Å². The minimum atomic E-state index is -5.33. The molecule has 13 heteroatoms. The van der Waals surface area contributed by atoms with Gasteiger partial charge >= 0.3 is 12.4 Å². The van der Waals surface area contributed by atoms with Crippen molar-refractivity contribution in [1.29, 1.82) is 5.26 Å². The van der Waals surface area contributed by atoms with E-state index in [1.165, 1.54) is 19.9 Å². The Morgan fingerprint density at radius 1 is 1.17 bits per heavy atom. The fourth-order valence-corrected chi connectivity index (χ4v) is 3.00. The summed E-state index contributed by atoms with van der Waals surface area (Å²) < 4.78 is 78.5. The molecule has 5 nitrogen and oxygen atoms in total. The first kappa shape index (κ1) is 22.8. The summed E-state index contributed by atoms with van der Waals surface area (Å²) in [5, 5.41) is 14.1. The molecule has 1 heterocycles. The summed E-state index contributed by atoms with van der Waals surface area (Å²) >= 11 is 11.8. The highest BCUT2D eigenvalue weighted by Gasteiger charge is 2.44. The Balaban J connectivity index is 2.86. The molecule has 2 aromatic rings. The molecule has 1 aromatic heterocycles. The molecule has 1 aromatic carbocycles. The minimum absolute atomic E-state index is 0.429. The Hall–Kier alpha value is -2.45. The van der Waals surface area contributed by atoms with Gasteiger partial charge in [-0.1, -0.05) is 23.2 Å². The number of halogens is 8. The summed E-state index contributed by atoms with van der Waals surface area (Å²) in [4.78, 5) is 11.9. The lowest BCUT2D eigenvalue weighted by Gasteiger charge is -2.17. The number of carbonyl (C=O) groups excluding carboxylic acids is 1. The summed E-state index contributed by atoms with van der Waals surface area (Å²) in [5.41, 5.74) is -3.63. The number of nitrogens with zero attached hydrogens (tertiary/aromatic N) is 3. The summed E-state index contributed by atoms with van der Waals surface area (Å²) in [5.74, 6) is -2.94. The van der Waals surface area contributed by atoms with Crippen LogP contribution in [0.15, 0.2) is 12.1 Å². The Morgan fingerprint density at radius 2 is 1.69 bits per heavy atom. The number of nitrogens with one attached hydrogen (secondary N) is 1. The number of benzene rings is 1. The van der Waals surface area contributed by atoms with Crippen molar-refractivity contribution in [2.75, 3.05) is 5.32 Å². The molecule has 0 bridgehead atoms. The van der Waals surface area contributed by atoms with Crippen LogP contribution in [0.5, 0.6) is 0 Å². The number of nitriles is 1. The van der Waals surface area contributed by atoms with Crippen LogP contribution < -0.4 is 5.32 Å². The molecule has 0 atom stereocenters. The first-order valence-electron chi connectivity index (χ1n) is 7.66. The van der Waals surface area contributed by atoms with Crippen molar-refractivity contribution in [3.05, 3.63) is 39.0 Å². The maximum atomic E-state index is 13.0. The maximum Gasteiger partial charge on any atom is 0.455 e. The molecule has 0 aliphatic rings. The van der Waals surface area contributed by atoms with Crippen LogP contribution in [-0.4, -0.2) is 27.8 Å². The van der Waals surface area contributed by atoms with Gasteiger partial charge in [0.05, 0.1) is 15.6 Å². The zero-order valence-electron chi connectivity index (χ0n) is 14.5. The lowest BCUT2D eigenvalue weighted by Crippen LogP contribution is -2.25. The lowest BCUT2D eigenvalue weighted by molar-refractivity contribution is -0.137. The van der Waals surface area contributed by atoms with Crippen LogP contribution in [0.4, 0.5) is 32.2 Å². The van der Waals surface area contributed by atoms with E-state index < -0.39 is 62.5 Å². The Kier molecular flexibility index (Phi) is 6.11. The SMILES string of the molecule is CC(C)Nc1c(C(=O)C(F)(F)F)c(C#N)nn1-c1c(Cl)cc(C(F)(F)F)cc1Cl. The van der Waals surface area contributed by atoms with Crippen LogP contribution in [-0.2, 0) is 6.18 Å². The molecule has 0 saturated heterocycles. The zero-order valence-corrected chi connectivity index (χ0v) is 16.0. The Labute approximate surface area is 169 Å². The van der Waals surface area contributed by atoms with Crippen molar-refractivity contribution in [3.63, 3.8) is 0 Å². The van der Waals surface area contributed by atoms with Crippen LogP contribution in [0, 0.1) is 11.3 Å². The molecule has 2 rings (SSSR count). The largest absolute Gasteiger partial charge is 0.455 e. The van der Waals surface area contributed by atoms with Crippen LogP contribution in [0.3, 0.4) is 0 Å². The first-order valence-corrected chi connectivity index (χ1v) is 8.41. The van der Waals surface area contributed by atoms with E-state index >= 15 is 0 Å². The molecule has 1 N–H and O–H groups in total. The summed E-state index contributed by atoms with van der Waals surface area (Å²) in [6.45, 7) is 3.03. The molecule has 156 valence electrons. The molecule has 0 aliphatic carbocycles. The van der Waals surface area contributed by atoms with Gasteiger partial charge < -0.3 is 5.32 Å². The smallest absolute Gasteiger partial charge is 0.367 e. The number of ketones is 1. The average Bonchev–Trinajstić information content (AvgIpc) is 2.89. The van der Waals surface area contributed by atoms with Crippen molar-refractivity contribution in [2.24, 2.45) is 0 Å². The average molecular weight is 459 g/mol. The highest BCUT2D eigenvalue weighted by Crippen LogP contribution is 2.40. The van der Waals surface area contributed by atoms with Crippen molar-refractivity contribution >= 4 is 34.8 Å². The standard InChI is InChI=1S/C16H10Cl2F6N4O/c1-6(2)26-14-11(13(29)16(22,23)24)10(5-25)27-28(14)12-8(17)3-7(4-9(12)18)15(19,20)21/h3-4,6,26H,1-2H3. The van der Waals surface area contributed by atoms with Crippen molar-refractivity contribution < 1.29 is 31.1 Å². The number of aromatic nitrogens is 2. The zero-order chi connectivity index (χ0) is 22.3. The molecule has 0 aliphatic heterocycles. The molecule has 0 radical (unpaired) electrons. The van der Waals surface area contributed by atoms with E-state index in [0.717, 1.165) is 0 Å². The van der Waals surface area contributed by atoms with Crippen LogP contribution in [0.1, 0.15) is 35.5 Å². The van der Waals surface area contributed by atoms with Crippen LogP contribution in [0.2, 0.25) is 10.0 Å². The van der Waals surface area contributed by atoms with Gasteiger partial charge in [-0.3, -0.25) is 4.79 Å². The van der Waals surface area contributed by atoms with Crippen LogP contribution in [0.25, 0.3) is 5.69 Å². The first-order chi connectivity index (χ1) is 13.2. The quantitative estimate of drug-likeness (QED) is 0.475.